The highest BCUT2D eigenvalue weighted by molar-refractivity contribution is 7.17. The van der Waals surface area contributed by atoms with E-state index >= 15 is 0 Å². The molecule has 0 bridgehead atoms. The fourth-order valence-electron chi connectivity index (χ4n) is 3.32. The molecular formula is C24H22N2O3S. The van der Waals surface area contributed by atoms with E-state index in [4.69, 9.17) is 4.74 Å². The summed E-state index contributed by atoms with van der Waals surface area (Å²) in [6.07, 6.45) is 2.39. The number of hydrogen-bond donors (Lipinski definition) is 0. The maximum Gasteiger partial charge on any atom is 0.329 e. The van der Waals surface area contributed by atoms with Crippen molar-refractivity contribution in [1.29, 1.82) is 0 Å². The highest BCUT2D eigenvalue weighted by Crippen LogP contribution is 2.31. The number of ether oxygens (including phenoxy) is 1. The quantitative estimate of drug-likeness (QED) is 0.414. The van der Waals surface area contributed by atoms with Crippen LogP contribution in [0.1, 0.15) is 31.0 Å². The Kier molecular flexibility index (Phi) is 5.77. The van der Waals surface area contributed by atoms with E-state index in [2.05, 4.69) is 24.0 Å². The summed E-state index contributed by atoms with van der Waals surface area (Å²) >= 11 is 1.43. The molecule has 0 aliphatic heterocycles. The van der Waals surface area contributed by atoms with Crippen molar-refractivity contribution in [3.8, 4) is 11.1 Å². The van der Waals surface area contributed by atoms with Crippen LogP contribution in [0.5, 0.6) is 0 Å². The molecule has 2 aromatic carbocycles. The predicted octanol–water partition coefficient (Wildman–Crippen LogP) is 4.99. The maximum atomic E-state index is 13.2. The van der Waals surface area contributed by atoms with Gasteiger partial charge in [0.25, 0.3) is 5.56 Å². The van der Waals surface area contributed by atoms with E-state index in [1.807, 2.05) is 47.8 Å². The van der Waals surface area contributed by atoms with Crippen LogP contribution in [0.3, 0.4) is 0 Å². The first kappa shape index (κ1) is 20.0. The van der Waals surface area contributed by atoms with Crippen LogP contribution in [-0.4, -0.2) is 15.5 Å². The number of carbonyl (C=O) groups excluding carboxylic acids is 1. The van der Waals surface area contributed by atoms with Crippen molar-refractivity contribution in [2.45, 2.75) is 32.9 Å². The number of thiophene rings is 1. The Hall–Kier alpha value is -3.25. The van der Waals surface area contributed by atoms with Gasteiger partial charge in [-0.15, -0.1) is 11.3 Å². The van der Waals surface area contributed by atoms with E-state index in [-0.39, 0.29) is 12.2 Å². The fourth-order valence-corrected chi connectivity index (χ4v) is 4.22. The molecule has 0 saturated heterocycles. The molecule has 0 radical (unpaired) electrons. The van der Waals surface area contributed by atoms with Gasteiger partial charge in [0.15, 0.2) is 0 Å². The molecule has 0 aliphatic rings. The molecule has 6 heteroatoms. The van der Waals surface area contributed by atoms with Gasteiger partial charge in [0.1, 0.15) is 17.5 Å². The zero-order valence-electron chi connectivity index (χ0n) is 16.9. The van der Waals surface area contributed by atoms with Gasteiger partial charge in [0, 0.05) is 10.9 Å². The topological polar surface area (TPSA) is 61.2 Å². The molecule has 2 heterocycles. The van der Waals surface area contributed by atoms with Crippen LogP contribution in [0, 0.1) is 0 Å². The monoisotopic (exact) mass is 418 g/mol. The van der Waals surface area contributed by atoms with Crippen molar-refractivity contribution in [3.05, 3.63) is 87.8 Å². The van der Waals surface area contributed by atoms with E-state index in [1.54, 1.807) is 6.92 Å². The molecule has 0 amide bonds. The van der Waals surface area contributed by atoms with Crippen molar-refractivity contribution in [3.63, 3.8) is 0 Å². The molecule has 2 aromatic heterocycles. The largest absolute Gasteiger partial charge is 0.459 e. The van der Waals surface area contributed by atoms with E-state index in [1.165, 1.54) is 27.8 Å². The number of fused-ring (bicyclic) bond motifs is 1. The Balaban J connectivity index is 1.63. The molecule has 0 saturated carbocycles. The van der Waals surface area contributed by atoms with Crippen LogP contribution in [0.2, 0.25) is 0 Å². The van der Waals surface area contributed by atoms with Gasteiger partial charge in [-0.05, 0) is 30.0 Å². The number of esters is 1. The predicted molar refractivity (Wildman–Crippen MR) is 120 cm³/mol. The fraction of sp³-hybridized carbons (Fsp3) is 0.208. The van der Waals surface area contributed by atoms with Gasteiger partial charge in [0.05, 0.1) is 11.7 Å². The number of nitrogens with zero attached hydrogens (tertiary/aromatic N) is 2. The summed E-state index contributed by atoms with van der Waals surface area (Å²) in [6.45, 7) is 3.93. The molecule has 30 heavy (non-hydrogen) atoms. The van der Waals surface area contributed by atoms with E-state index < -0.39 is 12.0 Å². The Labute approximate surface area is 178 Å². The lowest BCUT2D eigenvalue weighted by atomic mass is 10.0. The number of hydrogen-bond acceptors (Lipinski definition) is 5. The molecule has 0 fully saturated rings. The molecule has 152 valence electrons. The lowest BCUT2D eigenvalue weighted by Crippen LogP contribution is -2.29. The van der Waals surface area contributed by atoms with Crippen molar-refractivity contribution in [2.24, 2.45) is 0 Å². The van der Waals surface area contributed by atoms with Gasteiger partial charge < -0.3 is 4.74 Å². The first-order valence-electron chi connectivity index (χ1n) is 9.86. The van der Waals surface area contributed by atoms with E-state index in [0.29, 0.717) is 10.2 Å². The number of benzene rings is 2. The SMILES string of the molecule is CCc1ccc(-c2csc3ncn(C(C)C(=O)OCc4ccccc4)c(=O)c23)cc1. The van der Waals surface area contributed by atoms with Gasteiger partial charge >= 0.3 is 5.97 Å². The first-order chi connectivity index (χ1) is 14.6. The zero-order valence-corrected chi connectivity index (χ0v) is 17.7. The number of carbonyl (C=O) groups is 1. The van der Waals surface area contributed by atoms with Gasteiger partial charge in [-0.2, -0.15) is 0 Å². The maximum absolute atomic E-state index is 13.2. The molecule has 4 aromatic rings. The molecule has 5 nitrogen and oxygen atoms in total. The summed E-state index contributed by atoms with van der Waals surface area (Å²) in [6, 6.07) is 16.9. The van der Waals surface area contributed by atoms with Crippen LogP contribution in [0.15, 0.2) is 71.1 Å². The Bertz CT molecular complexity index is 1230. The lowest BCUT2D eigenvalue weighted by molar-refractivity contribution is -0.148. The zero-order chi connectivity index (χ0) is 21.1. The van der Waals surface area contributed by atoms with Crippen LogP contribution in [0.25, 0.3) is 21.3 Å². The van der Waals surface area contributed by atoms with E-state index in [9.17, 15) is 9.59 Å². The first-order valence-corrected chi connectivity index (χ1v) is 10.7. The van der Waals surface area contributed by atoms with Crippen LogP contribution in [0.4, 0.5) is 0 Å². The molecular weight excluding hydrogens is 396 g/mol. The van der Waals surface area contributed by atoms with Gasteiger partial charge in [0.2, 0.25) is 0 Å². The molecule has 0 N–H and O–H groups in total. The average molecular weight is 419 g/mol. The van der Waals surface area contributed by atoms with Crippen LogP contribution < -0.4 is 5.56 Å². The number of rotatable bonds is 6. The third kappa shape index (κ3) is 3.91. The summed E-state index contributed by atoms with van der Waals surface area (Å²) in [7, 11) is 0. The molecule has 0 spiro atoms. The molecule has 1 atom stereocenters. The highest BCUT2D eigenvalue weighted by atomic mass is 32.1. The minimum Gasteiger partial charge on any atom is -0.459 e. The second kappa shape index (κ2) is 8.63. The van der Waals surface area contributed by atoms with Gasteiger partial charge in [-0.3, -0.25) is 9.36 Å². The summed E-state index contributed by atoms with van der Waals surface area (Å²) in [5.41, 5.74) is 3.71. The second-order valence-corrected chi connectivity index (χ2v) is 7.96. The Morgan fingerprint density at radius 1 is 1.10 bits per heavy atom. The highest BCUT2D eigenvalue weighted by Gasteiger charge is 2.21. The molecule has 4 rings (SSSR count). The summed E-state index contributed by atoms with van der Waals surface area (Å²) in [5, 5.41) is 2.48. The van der Waals surface area contributed by atoms with Crippen molar-refractivity contribution in [2.75, 3.05) is 0 Å². The van der Waals surface area contributed by atoms with Gasteiger partial charge in [-0.1, -0.05) is 61.5 Å². The Morgan fingerprint density at radius 3 is 2.53 bits per heavy atom. The third-order valence-electron chi connectivity index (χ3n) is 5.17. The third-order valence-corrected chi connectivity index (χ3v) is 6.06. The van der Waals surface area contributed by atoms with E-state index in [0.717, 1.165) is 23.1 Å². The Morgan fingerprint density at radius 2 is 1.83 bits per heavy atom. The summed E-state index contributed by atoms with van der Waals surface area (Å²) in [4.78, 5) is 30.9. The van der Waals surface area contributed by atoms with Crippen LogP contribution in [-0.2, 0) is 22.6 Å². The smallest absolute Gasteiger partial charge is 0.329 e. The molecule has 0 aliphatic carbocycles. The molecule has 1 unspecified atom stereocenters. The van der Waals surface area contributed by atoms with Gasteiger partial charge in [-0.25, -0.2) is 9.78 Å². The summed E-state index contributed by atoms with van der Waals surface area (Å²) in [5.74, 6) is -0.466. The van der Waals surface area contributed by atoms with Crippen LogP contribution >= 0.6 is 11.3 Å². The second-order valence-electron chi connectivity index (χ2n) is 7.11. The minimum atomic E-state index is -0.770. The normalized spacial score (nSPS) is 12.1. The number of aromatic nitrogens is 2. The van der Waals surface area contributed by atoms with Crippen molar-refractivity contribution < 1.29 is 9.53 Å². The standard InChI is InChI=1S/C24H22N2O3S/c1-3-17-9-11-19(12-10-17)20-14-30-22-21(20)23(27)26(15-25-22)16(2)24(28)29-13-18-7-5-4-6-8-18/h4-12,14-16H,3,13H2,1-2H3. The van der Waals surface area contributed by atoms with Crippen molar-refractivity contribution >= 4 is 27.5 Å². The van der Waals surface area contributed by atoms with Crippen molar-refractivity contribution in [1.82, 2.24) is 9.55 Å². The number of aryl methyl sites for hydroxylation is 1. The average Bonchev–Trinajstić information content (AvgIpc) is 3.23. The lowest BCUT2D eigenvalue weighted by Gasteiger charge is -2.14. The summed E-state index contributed by atoms with van der Waals surface area (Å²) < 4.78 is 6.76. The minimum absolute atomic E-state index is 0.169.